The number of alkyl halides is 1. The molecule has 0 heterocycles. The number of hydrogen-bond donors (Lipinski definition) is 1. The molecule has 0 aliphatic rings. The molecule has 0 saturated carbocycles. The summed E-state index contributed by atoms with van der Waals surface area (Å²) in [6.45, 7) is 5.00. The van der Waals surface area contributed by atoms with Crippen molar-refractivity contribution in [3.05, 3.63) is 34.9 Å². The summed E-state index contributed by atoms with van der Waals surface area (Å²) in [7, 11) is 0. The highest BCUT2D eigenvalue weighted by atomic mass is 79.9. The van der Waals surface area contributed by atoms with Crippen molar-refractivity contribution in [2.24, 2.45) is 5.41 Å². The normalized spacial score (nSPS) is 11.3. The van der Waals surface area contributed by atoms with Gasteiger partial charge in [0.2, 0.25) is 5.91 Å². The molecule has 1 aromatic carbocycles. The topological polar surface area (TPSA) is 29.1 Å². The maximum atomic E-state index is 11.8. The fourth-order valence-corrected chi connectivity index (χ4v) is 2.73. The van der Waals surface area contributed by atoms with Crippen LogP contribution < -0.4 is 5.32 Å². The molecule has 0 aliphatic carbocycles. The first kappa shape index (κ1) is 15.5. The van der Waals surface area contributed by atoms with E-state index in [2.05, 4.69) is 35.1 Å². The monoisotopic (exact) mass is 331 g/mol. The van der Waals surface area contributed by atoms with Gasteiger partial charge in [-0.15, -0.1) is 0 Å². The van der Waals surface area contributed by atoms with Gasteiger partial charge in [-0.1, -0.05) is 53.5 Å². The van der Waals surface area contributed by atoms with Gasteiger partial charge >= 0.3 is 0 Å². The van der Waals surface area contributed by atoms with Crippen molar-refractivity contribution in [2.75, 3.05) is 11.9 Å². The van der Waals surface area contributed by atoms with E-state index in [-0.39, 0.29) is 11.3 Å². The van der Waals surface area contributed by atoms with E-state index in [1.165, 1.54) is 0 Å². The van der Waals surface area contributed by atoms with E-state index in [0.29, 0.717) is 18.0 Å². The molecule has 0 atom stereocenters. The SMILES string of the molecule is CC(C)(CCBr)CNC(=O)Cc1ccc(Cl)cc1. The summed E-state index contributed by atoms with van der Waals surface area (Å²) in [5.41, 5.74) is 1.11. The van der Waals surface area contributed by atoms with Crippen LogP contribution >= 0.6 is 27.5 Å². The predicted octanol–water partition coefficient (Wildman–Crippen LogP) is 3.81. The van der Waals surface area contributed by atoms with Crippen molar-refractivity contribution in [3.63, 3.8) is 0 Å². The lowest BCUT2D eigenvalue weighted by Crippen LogP contribution is -2.35. The van der Waals surface area contributed by atoms with Crippen LogP contribution in [0, 0.1) is 5.41 Å². The minimum Gasteiger partial charge on any atom is -0.355 e. The second-order valence-corrected chi connectivity index (χ2v) is 6.41. The molecule has 0 radical (unpaired) electrons. The van der Waals surface area contributed by atoms with Crippen molar-refractivity contribution in [1.29, 1.82) is 0 Å². The average molecular weight is 333 g/mol. The molecule has 1 rings (SSSR count). The van der Waals surface area contributed by atoms with E-state index < -0.39 is 0 Å². The fourth-order valence-electron chi connectivity index (χ4n) is 1.53. The van der Waals surface area contributed by atoms with E-state index >= 15 is 0 Å². The number of hydrogen-bond acceptors (Lipinski definition) is 1. The Bertz CT molecular complexity index is 389. The maximum Gasteiger partial charge on any atom is 0.224 e. The summed E-state index contributed by atoms with van der Waals surface area (Å²) in [5, 5.41) is 4.62. The summed E-state index contributed by atoms with van der Waals surface area (Å²) in [6.07, 6.45) is 1.44. The third-order valence-corrected chi connectivity index (χ3v) is 3.46. The van der Waals surface area contributed by atoms with Gasteiger partial charge in [-0.05, 0) is 29.5 Å². The van der Waals surface area contributed by atoms with E-state index in [9.17, 15) is 4.79 Å². The predicted molar refractivity (Wildman–Crippen MR) is 80.4 cm³/mol. The number of carbonyl (C=O) groups is 1. The number of benzene rings is 1. The minimum atomic E-state index is 0.0555. The van der Waals surface area contributed by atoms with Crippen LogP contribution in [-0.2, 0) is 11.2 Å². The van der Waals surface area contributed by atoms with Gasteiger partial charge in [0.05, 0.1) is 6.42 Å². The largest absolute Gasteiger partial charge is 0.355 e. The number of nitrogens with one attached hydrogen (secondary N) is 1. The van der Waals surface area contributed by atoms with Crippen molar-refractivity contribution in [1.82, 2.24) is 5.32 Å². The molecule has 0 aliphatic heterocycles. The number of rotatable bonds is 6. The third-order valence-electron chi connectivity index (χ3n) is 2.81. The van der Waals surface area contributed by atoms with Crippen LogP contribution in [0.2, 0.25) is 5.02 Å². The summed E-state index contributed by atoms with van der Waals surface area (Å²) in [6, 6.07) is 7.37. The highest BCUT2D eigenvalue weighted by Crippen LogP contribution is 2.20. The number of amides is 1. The standard InChI is InChI=1S/C14H19BrClNO/c1-14(2,7-8-15)10-17-13(18)9-11-3-5-12(16)6-4-11/h3-6H,7-10H2,1-2H3,(H,17,18). The molecule has 1 amide bonds. The number of halogens is 2. The Kier molecular flexibility index (Phi) is 6.16. The number of carbonyl (C=O) groups excluding carboxylic acids is 1. The molecule has 0 aromatic heterocycles. The van der Waals surface area contributed by atoms with Crippen molar-refractivity contribution < 1.29 is 4.79 Å². The zero-order valence-corrected chi connectivity index (χ0v) is 13.1. The first-order chi connectivity index (χ1) is 8.43. The van der Waals surface area contributed by atoms with E-state index in [1.807, 2.05) is 12.1 Å². The van der Waals surface area contributed by atoms with Crippen molar-refractivity contribution >= 4 is 33.4 Å². The Labute approximate surface area is 122 Å². The van der Waals surface area contributed by atoms with Gasteiger partial charge in [0, 0.05) is 16.9 Å². The third kappa shape index (κ3) is 5.87. The molecule has 0 bridgehead atoms. The summed E-state index contributed by atoms with van der Waals surface area (Å²) < 4.78 is 0. The van der Waals surface area contributed by atoms with Crippen molar-refractivity contribution in [3.8, 4) is 0 Å². The summed E-state index contributed by atoms with van der Waals surface area (Å²) in [4.78, 5) is 11.8. The van der Waals surface area contributed by atoms with Crippen LogP contribution in [0.4, 0.5) is 0 Å². The Morgan fingerprint density at radius 2 is 1.94 bits per heavy atom. The summed E-state index contributed by atoms with van der Waals surface area (Å²) >= 11 is 9.23. The van der Waals surface area contributed by atoms with E-state index in [1.54, 1.807) is 12.1 Å². The van der Waals surface area contributed by atoms with Gasteiger partial charge in [0.1, 0.15) is 0 Å². The quantitative estimate of drug-likeness (QED) is 0.789. The second kappa shape index (κ2) is 7.15. The highest BCUT2D eigenvalue weighted by Gasteiger charge is 2.17. The van der Waals surface area contributed by atoms with Crippen LogP contribution in [0.5, 0.6) is 0 Å². The lowest BCUT2D eigenvalue weighted by Gasteiger charge is -2.23. The van der Waals surface area contributed by atoms with Crippen LogP contribution in [0.25, 0.3) is 0 Å². The smallest absolute Gasteiger partial charge is 0.224 e. The zero-order valence-electron chi connectivity index (χ0n) is 10.8. The second-order valence-electron chi connectivity index (χ2n) is 5.18. The Morgan fingerprint density at radius 1 is 1.33 bits per heavy atom. The first-order valence-corrected chi connectivity index (χ1v) is 7.50. The van der Waals surface area contributed by atoms with E-state index in [0.717, 1.165) is 17.3 Å². The molecule has 0 unspecified atom stereocenters. The molecule has 18 heavy (non-hydrogen) atoms. The summed E-state index contributed by atoms with van der Waals surface area (Å²) in [5.74, 6) is 0.0555. The molecule has 0 saturated heterocycles. The lowest BCUT2D eigenvalue weighted by molar-refractivity contribution is -0.120. The molecule has 1 aromatic rings. The lowest BCUT2D eigenvalue weighted by atomic mass is 9.90. The van der Waals surface area contributed by atoms with Crippen molar-refractivity contribution in [2.45, 2.75) is 26.7 Å². The molecule has 0 spiro atoms. The molecule has 1 N–H and O–H groups in total. The van der Waals surface area contributed by atoms with Crippen LogP contribution in [-0.4, -0.2) is 17.8 Å². The highest BCUT2D eigenvalue weighted by molar-refractivity contribution is 9.09. The zero-order chi connectivity index (χ0) is 13.6. The van der Waals surface area contributed by atoms with Gasteiger partial charge in [-0.3, -0.25) is 4.79 Å². The van der Waals surface area contributed by atoms with Crippen LogP contribution in [0.1, 0.15) is 25.8 Å². The average Bonchev–Trinajstić information content (AvgIpc) is 2.30. The molecule has 100 valence electrons. The van der Waals surface area contributed by atoms with Gasteiger partial charge in [0.15, 0.2) is 0 Å². The molecular formula is C14H19BrClNO. The van der Waals surface area contributed by atoms with Crippen LogP contribution in [0.3, 0.4) is 0 Å². The van der Waals surface area contributed by atoms with Gasteiger partial charge < -0.3 is 5.32 Å². The van der Waals surface area contributed by atoms with E-state index in [4.69, 9.17) is 11.6 Å². The van der Waals surface area contributed by atoms with Crippen LogP contribution in [0.15, 0.2) is 24.3 Å². The van der Waals surface area contributed by atoms with Gasteiger partial charge in [-0.2, -0.15) is 0 Å². The van der Waals surface area contributed by atoms with Gasteiger partial charge in [0.25, 0.3) is 0 Å². The Hall–Kier alpha value is -0.540. The Morgan fingerprint density at radius 3 is 2.50 bits per heavy atom. The Balaban J connectivity index is 2.40. The maximum absolute atomic E-state index is 11.8. The molecular weight excluding hydrogens is 314 g/mol. The molecule has 4 heteroatoms. The van der Waals surface area contributed by atoms with Gasteiger partial charge in [-0.25, -0.2) is 0 Å². The minimum absolute atomic E-state index is 0.0555. The first-order valence-electron chi connectivity index (χ1n) is 6.00. The molecule has 2 nitrogen and oxygen atoms in total. The molecule has 0 fully saturated rings. The fraction of sp³-hybridized carbons (Fsp3) is 0.500.